The summed E-state index contributed by atoms with van der Waals surface area (Å²) in [5.74, 6) is -0.106. The van der Waals surface area contributed by atoms with Gasteiger partial charge in [-0.3, -0.25) is 9.59 Å². The molecule has 1 aromatic heterocycles. The summed E-state index contributed by atoms with van der Waals surface area (Å²) in [6.45, 7) is 4.81. The number of ether oxygens (including phenoxy) is 2. The molecule has 1 aliphatic heterocycles. The number of carbonyl (C=O) groups excluding carboxylic acids is 2. The van der Waals surface area contributed by atoms with Gasteiger partial charge in [0.1, 0.15) is 5.69 Å². The third kappa shape index (κ3) is 8.00. The van der Waals surface area contributed by atoms with Gasteiger partial charge in [0.25, 0.3) is 5.91 Å². The Morgan fingerprint density at radius 3 is 2.24 bits per heavy atom. The van der Waals surface area contributed by atoms with Crippen molar-refractivity contribution in [2.75, 3.05) is 65.1 Å². The molecule has 0 aliphatic carbocycles. The Hall–Kier alpha value is -4.42. The largest absolute Gasteiger partial charge is 0.378 e. The number of aromatic nitrogens is 3. The fourth-order valence-corrected chi connectivity index (χ4v) is 5.28. The Bertz CT molecular complexity index is 1570. The number of nitrogens with one attached hydrogen (secondary N) is 3. The van der Waals surface area contributed by atoms with E-state index in [9.17, 15) is 9.59 Å². The maximum atomic E-state index is 13.4. The molecule has 0 radical (unpaired) electrons. The van der Waals surface area contributed by atoms with Crippen LogP contribution in [0.4, 0.5) is 5.69 Å². The Morgan fingerprint density at radius 1 is 0.800 bits per heavy atom. The van der Waals surface area contributed by atoms with Crippen LogP contribution < -0.4 is 20.9 Å². The second-order valence-electron chi connectivity index (χ2n) is 10.7. The molecule has 4 aromatic rings. The highest BCUT2D eigenvalue weighted by Crippen LogP contribution is 2.41. The number of para-hydroxylation sites is 1. The number of hydrogen-bond acceptors (Lipinski definition) is 8. The molecule has 0 unspecified atom stereocenters. The zero-order valence-corrected chi connectivity index (χ0v) is 25.9. The predicted molar refractivity (Wildman–Crippen MR) is 174 cm³/mol. The van der Waals surface area contributed by atoms with Gasteiger partial charge >= 0.3 is 0 Å². The van der Waals surface area contributed by atoms with Crippen LogP contribution in [0.15, 0.2) is 72.8 Å². The minimum absolute atomic E-state index is 0.0458. The van der Waals surface area contributed by atoms with Gasteiger partial charge in [0.15, 0.2) is 0 Å². The van der Waals surface area contributed by atoms with Gasteiger partial charge in [-0.05, 0) is 43.4 Å². The van der Waals surface area contributed by atoms with E-state index < -0.39 is 0 Å². The summed E-state index contributed by atoms with van der Waals surface area (Å²) in [6.07, 6.45) is 0.390. The lowest BCUT2D eigenvalue weighted by Gasteiger charge is -2.28. The van der Waals surface area contributed by atoms with E-state index in [2.05, 4.69) is 38.4 Å². The lowest BCUT2D eigenvalue weighted by molar-refractivity contribution is -0.118. The molecular weight excluding hydrogens is 570 g/mol. The molecular formula is C34H41N7O4. The van der Waals surface area contributed by atoms with E-state index in [1.54, 1.807) is 0 Å². The molecule has 11 nitrogen and oxygen atoms in total. The van der Waals surface area contributed by atoms with Crippen molar-refractivity contribution in [2.24, 2.45) is 0 Å². The average Bonchev–Trinajstić information content (AvgIpc) is 3.47. The standard InChI is InChI=1S/C34H41N7O4/c1-35-16-15-31(42)40-24-27-7-3-4-8-28(27)33-32(29-9-5-6-10-30(29)40)38-39-41(33)23-25-11-13-26(14-12-25)34(43)37-18-20-45-22-21-44-19-17-36-2/h3-14,35-36H,15-24H2,1-2H3,(H,37,43). The normalized spacial score (nSPS) is 12.1. The third-order valence-corrected chi connectivity index (χ3v) is 7.62. The number of nitrogens with zero attached hydrogens (tertiary/aromatic N) is 4. The van der Waals surface area contributed by atoms with E-state index in [1.807, 2.05) is 84.3 Å². The van der Waals surface area contributed by atoms with Crippen LogP contribution >= 0.6 is 0 Å². The van der Waals surface area contributed by atoms with Crippen molar-refractivity contribution in [3.63, 3.8) is 0 Å². The Morgan fingerprint density at radius 2 is 1.49 bits per heavy atom. The lowest BCUT2D eigenvalue weighted by Crippen LogP contribution is -2.33. The first-order chi connectivity index (χ1) is 22.1. The topological polar surface area (TPSA) is 123 Å². The van der Waals surface area contributed by atoms with Crippen LogP contribution in [0.1, 0.15) is 27.9 Å². The van der Waals surface area contributed by atoms with Gasteiger partial charge in [0.2, 0.25) is 5.91 Å². The number of hydrogen-bond donors (Lipinski definition) is 3. The van der Waals surface area contributed by atoms with E-state index >= 15 is 0 Å². The van der Waals surface area contributed by atoms with Crippen molar-refractivity contribution in [3.8, 4) is 22.5 Å². The van der Waals surface area contributed by atoms with Gasteiger partial charge in [-0.1, -0.05) is 59.8 Å². The van der Waals surface area contributed by atoms with E-state index in [4.69, 9.17) is 9.47 Å². The number of likely N-dealkylation sites (N-methyl/N-ethyl adjacent to an activating group) is 1. The number of benzene rings is 3. The van der Waals surface area contributed by atoms with Crippen LogP contribution in [-0.2, 0) is 27.4 Å². The minimum Gasteiger partial charge on any atom is -0.378 e. The number of carbonyl (C=O) groups is 2. The molecule has 2 amide bonds. The highest BCUT2D eigenvalue weighted by molar-refractivity contribution is 6.00. The van der Waals surface area contributed by atoms with E-state index in [0.29, 0.717) is 64.6 Å². The summed E-state index contributed by atoms with van der Waals surface area (Å²) in [4.78, 5) is 27.9. The van der Waals surface area contributed by atoms with Crippen molar-refractivity contribution < 1.29 is 19.1 Å². The number of rotatable bonds is 15. The van der Waals surface area contributed by atoms with Crippen molar-refractivity contribution >= 4 is 17.5 Å². The smallest absolute Gasteiger partial charge is 0.251 e. The Balaban J connectivity index is 1.30. The SMILES string of the molecule is CNCCOCCOCCNC(=O)c1ccc(Cn2nnc3c2-c2ccccc2CN(C(=O)CCNC)c2ccccc2-3)cc1. The monoisotopic (exact) mass is 611 g/mol. The van der Waals surface area contributed by atoms with E-state index in [1.165, 1.54) is 0 Å². The highest BCUT2D eigenvalue weighted by atomic mass is 16.5. The van der Waals surface area contributed by atoms with Gasteiger partial charge < -0.3 is 30.3 Å². The highest BCUT2D eigenvalue weighted by Gasteiger charge is 2.28. The molecule has 0 atom stereocenters. The van der Waals surface area contributed by atoms with Crippen LogP contribution in [0.5, 0.6) is 0 Å². The molecule has 0 bridgehead atoms. The molecule has 3 aromatic carbocycles. The third-order valence-electron chi connectivity index (χ3n) is 7.62. The first kappa shape index (κ1) is 32.0. The zero-order valence-electron chi connectivity index (χ0n) is 25.9. The number of amides is 2. The summed E-state index contributed by atoms with van der Waals surface area (Å²) in [7, 11) is 3.73. The van der Waals surface area contributed by atoms with Crippen molar-refractivity contribution in [3.05, 3.63) is 89.5 Å². The van der Waals surface area contributed by atoms with Crippen molar-refractivity contribution in [1.82, 2.24) is 30.9 Å². The molecule has 0 saturated carbocycles. The quantitative estimate of drug-likeness (QED) is 0.175. The molecule has 236 valence electrons. The summed E-state index contributed by atoms with van der Waals surface area (Å²) in [6, 6.07) is 23.5. The summed E-state index contributed by atoms with van der Waals surface area (Å²) in [5.41, 5.74) is 6.88. The molecule has 45 heavy (non-hydrogen) atoms. The maximum Gasteiger partial charge on any atom is 0.251 e. The predicted octanol–water partition coefficient (Wildman–Crippen LogP) is 3.10. The van der Waals surface area contributed by atoms with Gasteiger partial charge in [-0.25, -0.2) is 4.68 Å². The van der Waals surface area contributed by atoms with Gasteiger partial charge in [-0.2, -0.15) is 0 Å². The first-order valence-electron chi connectivity index (χ1n) is 15.3. The first-order valence-corrected chi connectivity index (χ1v) is 15.3. The summed E-state index contributed by atoms with van der Waals surface area (Å²) >= 11 is 0. The summed E-state index contributed by atoms with van der Waals surface area (Å²) < 4.78 is 12.8. The van der Waals surface area contributed by atoms with Crippen molar-refractivity contribution in [1.29, 1.82) is 0 Å². The fourth-order valence-electron chi connectivity index (χ4n) is 5.28. The summed E-state index contributed by atoms with van der Waals surface area (Å²) in [5, 5.41) is 18.2. The number of anilines is 1. The Kier molecular flexibility index (Phi) is 11.4. The lowest BCUT2D eigenvalue weighted by atomic mass is 9.95. The molecule has 3 N–H and O–H groups in total. The van der Waals surface area contributed by atoms with E-state index in [0.717, 1.165) is 45.9 Å². The minimum atomic E-state index is -0.152. The molecule has 11 heteroatoms. The Labute approximate surface area is 263 Å². The molecule has 1 aliphatic rings. The second kappa shape index (κ2) is 16.1. The zero-order chi connectivity index (χ0) is 31.4. The van der Waals surface area contributed by atoms with E-state index in [-0.39, 0.29) is 11.8 Å². The molecule has 0 spiro atoms. The average molecular weight is 612 g/mol. The van der Waals surface area contributed by atoms with Crippen LogP contribution in [-0.4, -0.2) is 87.0 Å². The van der Waals surface area contributed by atoms with Crippen LogP contribution in [0.2, 0.25) is 0 Å². The fraction of sp³-hybridized carbons (Fsp3) is 0.353. The van der Waals surface area contributed by atoms with Gasteiger partial charge in [-0.15, -0.1) is 5.10 Å². The van der Waals surface area contributed by atoms with Crippen molar-refractivity contribution in [2.45, 2.75) is 19.5 Å². The van der Waals surface area contributed by atoms with Gasteiger partial charge in [0, 0.05) is 42.7 Å². The molecule has 5 rings (SSSR count). The van der Waals surface area contributed by atoms with Gasteiger partial charge in [0.05, 0.1) is 50.9 Å². The number of fused-ring (bicyclic) bond motifs is 5. The molecule has 0 saturated heterocycles. The maximum absolute atomic E-state index is 13.4. The molecule has 0 fully saturated rings. The van der Waals surface area contributed by atoms with Crippen LogP contribution in [0, 0.1) is 0 Å². The second-order valence-corrected chi connectivity index (χ2v) is 10.7. The molecule has 2 heterocycles. The van der Waals surface area contributed by atoms with Crippen LogP contribution in [0.25, 0.3) is 22.5 Å². The van der Waals surface area contributed by atoms with Crippen LogP contribution in [0.3, 0.4) is 0 Å².